The number of carboxylic acid groups (broad SMARTS) is 1. The number of anilines is 2. The smallest absolute Gasteiger partial charge is 0.337 e. The second-order valence-corrected chi connectivity index (χ2v) is 3.40. The molecule has 0 aliphatic carbocycles. The van der Waals surface area contributed by atoms with Gasteiger partial charge in [0, 0.05) is 0 Å². The fraction of sp³-hybridized carbons (Fsp3) is 0. The van der Waals surface area contributed by atoms with Crippen molar-refractivity contribution in [1.29, 1.82) is 0 Å². The van der Waals surface area contributed by atoms with E-state index in [0.717, 1.165) is 0 Å². The van der Waals surface area contributed by atoms with Crippen LogP contribution in [0, 0.1) is 0 Å². The number of hydrogen-bond acceptors (Lipinski definition) is 5. The van der Waals surface area contributed by atoms with E-state index in [1.807, 2.05) is 0 Å². The fourth-order valence-corrected chi connectivity index (χ4v) is 1.34. The number of benzene rings is 1. The molecule has 0 saturated heterocycles. The molecule has 2 aromatic rings. The summed E-state index contributed by atoms with van der Waals surface area (Å²) in [5.74, 6) is -1.11. The average Bonchev–Trinajstić information content (AvgIpc) is 2.40. The van der Waals surface area contributed by atoms with Crippen molar-refractivity contribution in [1.82, 2.24) is 15.2 Å². The summed E-state index contributed by atoms with van der Waals surface area (Å²) in [5.41, 5.74) is 0.168. The summed E-state index contributed by atoms with van der Waals surface area (Å²) in [6.45, 7) is 0. The first-order valence-corrected chi connectivity index (χ1v) is 5.21. The van der Waals surface area contributed by atoms with E-state index in [0.29, 0.717) is 0 Å². The van der Waals surface area contributed by atoms with E-state index in [1.54, 1.807) is 12.1 Å². The quantitative estimate of drug-likeness (QED) is 0.762. The van der Waals surface area contributed by atoms with Crippen molar-refractivity contribution in [2.75, 3.05) is 10.6 Å². The molecule has 0 unspecified atom stereocenters. The largest absolute Gasteiger partial charge is 0.478 e. The zero-order valence-electron chi connectivity index (χ0n) is 9.57. The third-order valence-electron chi connectivity index (χ3n) is 2.11. The first-order chi connectivity index (χ1) is 9.16. The Kier molecular flexibility index (Phi) is 3.62. The summed E-state index contributed by atoms with van der Waals surface area (Å²) < 4.78 is 0. The molecule has 0 radical (unpaired) electrons. The van der Waals surface area contributed by atoms with Crippen LogP contribution in [0.5, 0.6) is 0 Å². The molecule has 0 bridgehead atoms. The number of carbonyl (C=O) groups is 2. The van der Waals surface area contributed by atoms with Gasteiger partial charge in [-0.2, -0.15) is 5.10 Å². The van der Waals surface area contributed by atoms with E-state index in [1.165, 1.54) is 24.5 Å². The number of nitrogens with one attached hydrogen (secondary N) is 2. The second-order valence-electron chi connectivity index (χ2n) is 3.40. The number of aromatic carboxylic acids is 1. The van der Waals surface area contributed by atoms with Gasteiger partial charge < -0.3 is 10.4 Å². The van der Waals surface area contributed by atoms with Crippen LogP contribution < -0.4 is 10.6 Å². The molecule has 0 fully saturated rings. The molecule has 8 nitrogen and oxygen atoms in total. The summed E-state index contributed by atoms with van der Waals surface area (Å²) in [4.78, 5) is 26.3. The van der Waals surface area contributed by atoms with Crippen molar-refractivity contribution in [3.8, 4) is 0 Å². The van der Waals surface area contributed by atoms with Gasteiger partial charge in [-0.15, -0.1) is 5.10 Å². The lowest BCUT2D eigenvalue weighted by Crippen LogP contribution is -2.22. The molecule has 8 heteroatoms. The Morgan fingerprint density at radius 1 is 1.11 bits per heavy atom. The lowest BCUT2D eigenvalue weighted by atomic mass is 10.2. The Morgan fingerprint density at radius 3 is 2.58 bits per heavy atom. The van der Waals surface area contributed by atoms with Crippen molar-refractivity contribution >= 4 is 23.6 Å². The van der Waals surface area contributed by atoms with E-state index >= 15 is 0 Å². The molecule has 1 heterocycles. The van der Waals surface area contributed by atoms with Gasteiger partial charge >= 0.3 is 12.0 Å². The Bertz CT molecular complexity index is 602. The van der Waals surface area contributed by atoms with Crippen LogP contribution in [0.2, 0.25) is 0 Å². The molecule has 3 N–H and O–H groups in total. The molecule has 96 valence electrons. The molecule has 2 amide bonds. The molecule has 0 atom stereocenters. The number of hydrogen-bond donors (Lipinski definition) is 3. The van der Waals surface area contributed by atoms with Crippen LogP contribution in [0.3, 0.4) is 0 Å². The van der Waals surface area contributed by atoms with Gasteiger partial charge in [-0.3, -0.25) is 5.32 Å². The Balaban J connectivity index is 2.09. The lowest BCUT2D eigenvalue weighted by Gasteiger charge is -2.08. The van der Waals surface area contributed by atoms with Crippen molar-refractivity contribution in [2.24, 2.45) is 0 Å². The predicted octanol–water partition coefficient (Wildman–Crippen LogP) is 1.21. The molecular weight excluding hydrogens is 250 g/mol. The number of aromatic nitrogens is 3. The minimum Gasteiger partial charge on any atom is -0.478 e. The van der Waals surface area contributed by atoms with Crippen molar-refractivity contribution in [3.05, 3.63) is 42.2 Å². The highest BCUT2D eigenvalue weighted by molar-refractivity contribution is 6.03. The number of carboxylic acids is 1. The molecule has 0 spiro atoms. The van der Waals surface area contributed by atoms with E-state index in [9.17, 15) is 9.59 Å². The normalized spacial score (nSPS) is 9.68. The average molecular weight is 259 g/mol. The highest BCUT2D eigenvalue weighted by Crippen LogP contribution is 2.14. The maximum absolute atomic E-state index is 11.6. The van der Waals surface area contributed by atoms with E-state index in [-0.39, 0.29) is 17.2 Å². The lowest BCUT2D eigenvalue weighted by molar-refractivity contribution is 0.0698. The standard InChI is InChI=1S/C11H9N5O3/c17-9(18)7-3-1-2-4-8(7)14-11(19)15-10-12-5-6-13-16-10/h1-6H,(H,17,18)(H2,12,14,15,16,19). The van der Waals surface area contributed by atoms with Gasteiger partial charge in [0.15, 0.2) is 0 Å². The van der Waals surface area contributed by atoms with Gasteiger partial charge in [0.1, 0.15) is 0 Å². The SMILES string of the molecule is O=C(Nc1nccnn1)Nc1ccccc1C(=O)O. The predicted molar refractivity (Wildman–Crippen MR) is 65.9 cm³/mol. The van der Waals surface area contributed by atoms with Crippen molar-refractivity contribution in [3.63, 3.8) is 0 Å². The van der Waals surface area contributed by atoms with Gasteiger partial charge in [-0.25, -0.2) is 14.6 Å². The Morgan fingerprint density at radius 2 is 1.89 bits per heavy atom. The second kappa shape index (κ2) is 5.54. The van der Waals surface area contributed by atoms with E-state index in [2.05, 4.69) is 25.8 Å². The molecule has 0 aliphatic rings. The number of rotatable bonds is 3. The summed E-state index contributed by atoms with van der Waals surface area (Å²) in [6, 6.07) is 5.40. The van der Waals surface area contributed by atoms with Crippen LogP contribution in [-0.4, -0.2) is 32.3 Å². The first-order valence-electron chi connectivity index (χ1n) is 5.21. The van der Waals surface area contributed by atoms with Crippen LogP contribution in [0.1, 0.15) is 10.4 Å². The number of para-hydroxylation sites is 1. The molecule has 0 saturated carbocycles. The van der Waals surface area contributed by atoms with Crippen molar-refractivity contribution < 1.29 is 14.7 Å². The molecular formula is C11H9N5O3. The van der Waals surface area contributed by atoms with Crippen LogP contribution in [0.4, 0.5) is 16.4 Å². The zero-order valence-corrected chi connectivity index (χ0v) is 9.57. The molecule has 0 aliphatic heterocycles. The maximum atomic E-state index is 11.6. The fourth-order valence-electron chi connectivity index (χ4n) is 1.34. The first kappa shape index (κ1) is 12.4. The van der Waals surface area contributed by atoms with Gasteiger partial charge in [-0.1, -0.05) is 12.1 Å². The number of nitrogens with zero attached hydrogens (tertiary/aromatic N) is 3. The highest BCUT2D eigenvalue weighted by Gasteiger charge is 2.12. The maximum Gasteiger partial charge on any atom is 0.337 e. The zero-order chi connectivity index (χ0) is 13.7. The van der Waals surface area contributed by atoms with Crippen LogP contribution in [-0.2, 0) is 0 Å². The Hall–Kier alpha value is -3.03. The van der Waals surface area contributed by atoms with E-state index < -0.39 is 12.0 Å². The number of amides is 2. The molecule has 2 rings (SSSR count). The summed E-state index contributed by atoms with van der Waals surface area (Å²) in [6.07, 6.45) is 2.73. The summed E-state index contributed by atoms with van der Waals surface area (Å²) in [5, 5.41) is 20.8. The topological polar surface area (TPSA) is 117 Å². The summed E-state index contributed by atoms with van der Waals surface area (Å²) in [7, 11) is 0. The monoisotopic (exact) mass is 259 g/mol. The highest BCUT2D eigenvalue weighted by atomic mass is 16.4. The molecule has 1 aromatic heterocycles. The molecule has 19 heavy (non-hydrogen) atoms. The van der Waals surface area contributed by atoms with Crippen LogP contribution in [0.15, 0.2) is 36.7 Å². The molecule has 1 aromatic carbocycles. The Labute approximate surface area is 107 Å². The van der Waals surface area contributed by atoms with Gasteiger partial charge in [-0.05, 0) is 12.1 Å². The van der Waals surface area contributed by atoms with Crippen LogP contribution >= 0.6 is 0 Å². The van der Waals surface area contributed by atoms with Gasteiger partial charge in [0.05, 0.1) is 23.6 Å². The third kappa shape index (κ3) is 3.22. The minimum absolute atomic E-state index is 0.00949. The number of urea groups is 1. The third-order valence-corrected chi connectivity index (χ3v) is 2.11. The van der Waals surface area contributed by atoms with E-state index in [4.69, 9.17) is 5.11 Å². The van der Waals surface area contributed by atoms with Gasteiger partial charge in [0.2, 0.25) is 0 Å². The minimum atomic E-state index is -1.13. The van der Waals surface area contributed by atoms with Crippen molar-refractivity contribution in [2.45, 2.75) is 0 Å². The van der Waals surface area contributed by atoms with Gasteiger partial charge in [0.25, 0.3) is 5.95 Å². The number of carbonyl (C=O) groups excluding carboxylic acids is 1. The summed E-state index contributed by atoms with van der Waals surface area (Å²) >= 11 is 0. The van der Waals surface area contributed by atoms with Crippen LogP contribution in [0.25, 0.3) is 0 Å².